The van der Waals surface area contributed by atoms with Gasteiger partial charge in [0.1, 0.15) is 0 Å². The number of rotatable bonds is 5. The van der Waals surface area contributed by atoms with Gasteiger partial charge in [-0.25, -0.2) is 0 Å². The van der Waals surface area contributed by atoms with Crippen LogP contribution < -0.4 is 5.32 Å². The van der Waals surface area contributed by atoms with E-state index in [1.54, 1.807) is 0 Å². The fraction of sp³-hybridized carbons (Fsp3) is 0.917. The molecule has 0 saturated heterocycles. The zero-order valence-electron chi connectivity index (χ0n) is 9.24. The largest absolute Gasteiger partial charge is 0.481 e. The van der Waals surface area contributed by atoms with Crippen LogP contribution in [0.1, 0.15) is 44.9 Å². The van der Waals surface area contributed by atoms with E-state index >= 15 is 0 Å². The number of aliphatic carboxylic acids is 1. The number of carbonyl (C=O) groups is 1. The van der Waals surface area contributed by atoms with Crippen LogP contribution in [-0.2, 0) is 4.79 Å². The number of carboxylic acids is 1. The fourth-order valence-corrected chi connectivity index (χ4v) is 2.50. The van der Waals surface area contributed by atoms with Gasteiger partial charge in [0, 0.05) is 6.04 Å². The van der Waals surface area contributed by atoms with Crippen molar-refractivity contribution >= 4 is 5.97 Å². The summed E-state index contributed by atoms with van der Waals surface area (Å²) in [5.74, 6) is 0.261. The minimum Gasteiger partial charge on any atom is -0.481 e. The van der Waals surface area contributed by atoms with E-state index in [1.807, 2.05) is 0 Å². The second kappa shape index (κ2) is 4.97. The van der Waals surface area contributed by atoms with Gasteiger partial charge >= 0.3 is 5.97 Å². The van der Waals surface area contributed by atoms with E-state index in [-0.39, 0.29) is 5.92 Å². The van der Waals surface area contributed by atoms with Crippen molar-refractivity contribution in [2.75, 3.05) is 6.54 Å². The maximum Gasteiger partial charge on any atom is 0.306 e. The molecular formula is C12H21NO2. The molecule has 2 saturated carbocycles. The minimum atomic E-state index is -0.608. The highest BCUT2D eigenvalue weighted by Crippen LogP contribution is 2.32. The molecule has 3 nitrogen and oxygen atoms in total. The van der Waals surface area contributed by atoms with Gasteiger partial charge in [-0.1, -0.05) is 19.3 Å². The fourth-order valence-electron chi connectivity index (χ4n) is 2.50. The van der Waals surface area contributed by atoms with Crippen molar-refractivity contribution in [3.63, 3.8) is 0 Å². The summed E-state index contributed by atoms with van der Waals surface area (Å²) in [5, 5.41) is 12.5. The standard InChI is InChI=1S/C12H21NO2/c14-12(15)10-2-1-3-11(8-10)13-7-6-9-4-5-9/h9-11,13H,1-8H2,(H,14,15). The summed E-state index contributed by atoms with van der Waals surface area (Å²) < 4.78 is 0. The summed E-state index contributed by atoms with van der Waals surface area (Å²) in [6, 6.07) is 0.457. The zero-order valence-corrected chi connectivity index (χ0v) is 9.24. The molecule has 15 heavy (non-hydrogen) atoms. The Bertz CT molecular complexity index is 226. The second-order valence-corrected chi connectivity index (χ2v) is 5.08. The van der Waals surface area contributed by atoms with Gasteiger partial charge in [-0.2, -0.15) is 0 Å². The zero-order chi connectivity index (χ0) is 10.7. The Morgan fingerprint density at radius 1 is 1.27 bits per heavy atom. The van der Waals surface area contributed by atoms with Crippen LogP contribution in [0.4, 0.5) is 0 Å². The van der Waals surface area contributed by atoms with Crippen molar-refractivity contribution in [1.29, 1.82) is 0 Å². The Morgan fingerprint density at radius 2 is 2.07 bits per heavy atom. The van der Waals surface area contributed by atoms with Crippen LogP contribution in [0.3, 0.4) is 0 Å². The molecule has 0 heterocycles. The molecule has 0 aliphatic heterocycles. The van der Waals surface area contributed by atoms with E-state index in [4.69, 9.17) is 5.11 Å². The Hall–Kier alpha value is -0.570. The van der Waals surface area contributed by atoms with Gasteiger partial charge in [0.2, 0.25) is 0 Å². The monoisotopic (exact) mass is 211 g/mol. The summed E-state index contributed by atoms with van der Waals surface area (Å²) in [5.41, 5.74) is 0. The first-order valence-electron chi connectivity index (χ1n) is 6.22. The van der Waals surface area contributed by atoms with Crippen LogP contribution in [0.2, 0.25) is 0 Å². The van der Waals surface area contributed by atoms with Gasteiger partial charge in [0.05, 0.1) is 5.92 Å². The molecule has 2 aliphatic carbocycles. The molecule has 0 spiro atoms. The Labute approximate surface area is 91.2 Å². The van der Waals surface area contributed by atoms with Crippen LogP contribution in [-0.4, -0.2) is 23.7 Å². The lowest BCUT2D eigenvalue weighted by atomic mass is 9.86. The number of hydrogen-bond donors (Lipinski definition) is 2. The topological polar surface area (TPSA) is 49.3 Å². The SMILES string of the molecule is O=C(O)C1CCCC(NCCC2CC2)C1. The highest BCUT2D eigenvalue weighted by Gasteiger charge is 2.27. The predicted molar refractivity (Wildman–Crippen MR) is 58.7 cm³/mol. The van der Waals surface area contributed by atoms with Crippen LogP contribution >= 0.6 is 0 Å². The van der Waals surface area contributed by atoms with E-state index < -0.39 is 5.97 Å². The third-order valence-electron chi connectivity index (χ3n) is 3.71. The van der Waals surface area contributed by atoms with Crippen LogP contribution in [0, 0.1) is 11.8 Å². The van der Waals surface area contributed by atoms with Crippen molar-refractivity contribution < 1.29 is 9.90 Å². The second-order valence-electron chi connectivity index (χ2n) is 5.08. The van der Waals surface area contributed by atoms with E-state index in [0.29, 0.717) is 6.04 Å². The van der Waals surface area contributed by atoms with E-state index in [0.717, 1.165) is 38.1 Å². The van der Waals surface area contributed by atoms with Gasteiger partial charge in [-0.05, 0) is 38.1 Å². The lowest BCUT2D eigenvalue weighted by Gasteiger charge is -2.27. The maximum atomic E-state index is 10.9. The minimum absolute atomic E-state index is 0.0998. The molecule has 0 bridgehead atoms. The molecule has 2 unspecified atom stereocenters. The Morgan fingerprint density at radius 3 is 2.73 bits per heavy atom. The highest BCUT2D eigenvalue weighted by molar-refractivity contribution is 5.70. The third kappa shape index (κ3) is 3.49. The maximum absolute atomic E-state index is 10.9. The third-order valence-corrected chi connectivity index (χ3v) is 3.71. The molecule has 2 N–H and O–H groups in total. The first-order chi connectivity index (χ1) is 7.25. The molecule has 2 aliphatic rings. The smallest absolute Gasteiger partial charge is 0.306 e. The molecule has 3 heteroatoms. The first kappa shape index (κ1) is 10.9. The Kier molecular flexibility index (Phi) is 3.62. The number of hydrogen-bond acceptors (Lipinski definition) is 2. The van der Waals surface area contributed by atoms with Crippen molar-refractivity contribution in [1.82, 2.24) is 5.32 Å². The summed E-state index contributed by atoms with van der Waals surface area (Å²) >= 11 is 0. The van der Waals surface area contributed by atoms with E-state index in [2.05, 4.69) is 5.32 Å². The molecule has 2 rings (SSSR count). The van der Waals surface area contributed by atoms with Crippen molar-refractivity contribution in [3.8, 4) is 0 Å². The molecule has 2 atom stereocenters. The Balaban J connectivity index is 1.64. The quantitative estimate of drug-likeness (QED) is 0.731. The molecule has 86 valence electrons. The average Bonchev–Trinajstić information content (AvgIpc) is 3.02. The molecular weight excluding hydrogens is 190 g/mol. The van der Waals surface area contributed by atoms with Crippen molar-refractivity contribution in [3.05, 3.63) is 0 Å². The first-order valence-corrected chi connectivity index (χ1v) is 6.22. The lowest BCUT2D eigenvalue weighted by molar-refractivity contribution is -0.143. The number of carboxylic acid groups (broad SMARTS) is 1. The normalized spacial score (nSPS) is 31.5. The van der Waals surface area contributed by atoms with Gasteiger partial charge in [-0.3, -0.25) is 4.79 Å². The van der Waals surface area contributed by atoms with E-state index in [9.17, 15) is 4.79 Å². The summed E-state index contributed by atoms with van der Waals surface area (Å²) in [6.45, 7) is 1.08. The van der Waals surface area contributed by atoms with Crippen molar-refractivity contribution in [2.45, 2.75) is 51.0 Å². The molecule has 0 radical (unpaired) electrons. The molecule has 0 aromatic rings. The summed E-state index contributed by atoms with van der Waals surface area (Å²) in [4.78, 5) is 10.9. The van der Waals surface area contributed by atoms with Gasteiger partial charge in [-0.15, -0.1) is 0 Å². The predicted octanol–water partition coefficient (Wildman–Crippen LogP) is 2.02. The van der Waals surface area contributed by atoms with Gasteiger partial charge in [0.15, 0.2) is 0 Å². The van der Waals surface area contributed by atoms with Gasteiger partial charge in [0.25, 0.3) is 0 Å². The van der Waals surface area contributed by atoms with Gasteiger partial charge < -0.3 is 10.4 Å². The molecule has 0 aromatic carbocycles. The summed E-state index contributed by atoms with van der Waals surface area (Å²) in [6.07, 6.45) is 8.03. The lowest BCUT2D eigenvalue weighted by Crippen LogP contribution is -2.37. The molecule has 0 aromatic heterocycles. The molecule has 0 amide bonds. The highest BCUT2D eigenvalue weighted by atomic mass is 16.4. The van der Waals surface area contributed by atoms with E-state index in [1.165, 1.54) is 19.3 Å². The molecule has 2 fully saturated rings. The van der Waals surface area contributed by atoms with Crippen LogP contribution in [0.15, 0.2) is 0 Å². The van der Waals surface area contributed by atoms with Crippen LogP contribution in [0.25, 0.3) is 0 Å². The number of nitrogens with one attached hydrogen (secondary N) is 1. The van der Waals surface area contributed by atoms with Crippen molar-refractivity contribution in [2.24, 2.45) is 11.8 Å². The average molecular weight is 211 g/mol. The van der Waals surface area contributed by atoms with Crippen LogP contribution in [0.5, 0.6) is 0 Å². The summed E-state index contributed by atoms with van der Waals surface area (Å²) in [7, 11) is 0.